The van der Waals surface area contributed by atoms with Gasteiger partial charge in [-0.3, -0.25) is 28.8 Å². The third kappa shape index (κ3) is 37.2. The summed E-state index contributed by atoms with van der Waals surface area (Å²) >= 11 is 0. The van der Waals surface area contributed by atoms with Gasteiger partial charge in [0.2, 0.25) is 47.0 Å². The van der Waals surface area contributed by atoms with Crippen molar-refractivity contribution in [2.45, 2.75) is 206 Å². The van der Waals surface area contributed by atoms with Gasteiger partial charge < -0.3 is 98.2 Å². The van der Waals surface area contributed by atoms with E-state index in [1.165, 1.54) is 36.4 Å². The van der Waals surface area contributed by atoms with Crippen molar-refractivity contribution >= 4 is 35.4 Å². The first-order chi connectivity index (χ1) is 64.1. The van der Waals surface area contributed by atoms with Gasteiger partial charge in [-0.05, 0) is 92.8 Å². The Kier molecular flexibility index (Phi) is 45.0. The molecular formula is C96H118F12N6O20. The largest absolute Gasteiger partial charge is 0.376 e. The number of hydrogen-bond acceptors (Lipinski definition) is 20. The molecule has 0 aromatic heterocycles. The smallest absolute Gasteiger partial charge is 0.225 e. The van der Waals surface area contributed by atoms with Gasteiger partial charge in [-0.15, -0.1) is 0 Å². The van der Waals surface area contributed by atoms with E-state index in [0.717, 1.165) is 97.6 Å². The average Bonchev–Trinajstić information content (AvgIpc) is 1.79. The van der Waals surface area contributed by atoms with Gasteiger partial charge in [0.05, 0.1) is 124 Å². The van der Waals surface area contributed by atoms with Crippen molar-refractivity contribution in [1.82, 2.24) is 31.9 Å². The van der Waals surface area contributed by atoms with Gasteiger partial charge in [-0.2, -0.15) is 0 Å². The number of carbonyl (C=O) groups is 6. The number of hydrogen-bond donors (Lipinski definition) is 6. The molecule has 38 heteroatoms. The standard InChI is InChI=1S/C20H21F2NO4.C18H25F2NO4.2C15H19F2NO3.2C14H17F2NO3/c21-17-7-6-16(18(22)10-17)12-23-19(24)11-20(26-8-9-27-20)14-25-13-15-4-2-1-3-5-15;1-13(2)5-6-23-12-18(24-7-8-25-18)10-17(22)21-11-14-3-4-15(19)9-16(14)20;2*1-2-15(20-6-3-7-21-15)9-14(19)18-10-11-4-5-12(16)8-13(11)17;2*1-2-14(19-5-6-20-14)8-13(18)17-9-10-3-4-11(15)7-12(10)16/h1-7,10H,8-9,11-14H2,(H,23,24);3-4,9,13H,5-8,10-12H2,1-2H3,(H,21,22);2*4-5,8H,2-3,6-7,9-10H2,1H3,(H,18,19);2*3-4,7H,2,5-6,8-9H2,1H3,(H,17,18). The van der Waals surface area contributed by atoms with E-state index in [1.54, 1.807) is 0 Å². The van der Waals surface area contributed by atoms with E-state index in [2.05, 4.69) is 45.7 Å². The summed E-state index contributed by atoms with van der Waals surface area (Å²) in [5.74, 6) is -15.1. The van der Waals surface area contributed by atoms with E-state index in [0.29, 0.717) is 124 Å². The first-order valence-electron chi connectivity index (χ1n) is 44.3. The van der Waals surface area contributed by atoms with E-state index < -0.39 is 105 Å². The summed E-state index contributed by atoms with van der Waals surface area (Å²) in [7, 11) is 0. The van der Waals surface area contributed by atoms with E-state index in [1.807, 2.05) is 58.0 Å². The highest BCUT2D eigenvalue weighted by Gasteiger charge is 2.43. The fourth-order valence-electron chi connectivity index (χ4n) is 13.9. The Bertz CT molecular complexity index is 4660. The van der Waals surface area contributed by atoms with Crippen molar-refractivity contribution in [3.05, 3.63) is 248 Å². The maximum Gasteiger partial charge on any atom is 0.225 e. The van der Waals surface area contributed by atoms with E-state index >= 15 is 0 Å². The third-order valence-electron chi connectivity index (χ3n) is 21.6. The molecule has 13 rings (SSSR count). The molecule has 0 radical (unpaired) electrons. The van der Waals surface area contributed by atoms with Crippen LogP contribution in [-0.2, 0) is 141 Å². The van der Waals surface area contributed by atoms with Gasteiger partial charge in [0.1, 0.15) is 83.0 Å². The summed E-state index contributed by atoms with van der Waals surface area (Å²) in [5, 5.41) is 15.6. The van der Waals surface area contributed by atoms with Crippen LogP contribution >= 0.6 is 0 Å². The maximum atomic E-state index is 13.6. The summed E-state index contributed by atoms with van der Waals surface area (Å²) in [6.07, 6.45) is 4.90. The number of carbonyl (C=O) groups excluding carboxylic acids is 6. The first kappa shape index (κ1) is 109. The van der Waals surface area contributed by atoms with Gasteiger partial charge in [0.25, 0.3) is 0 Å². The van der Waals surface area contributed by atoms with Crippen LogP contribution < -0.4 is 31.9 Å². The second-order valence-corrected chi connectivity index (χ2v) is 32.1. The number of rotatable bonds is 37. The highest BCUT2D eigenvalue weighted by atomic mass is 19.2. The van der Waals surface area contributed by atoms with Crippen LogP contribution in [0.1, 0.15) is 164 Å². The lowest BCUT2D eigenvalue weighted by atomic mass is 10.1. The van der Waals surface area contributed by atoms with Crippen molar-refractivity contribution in [2.24, 2.45) is 5.92 Å². The highest BCUT2D eigenvalue weighted by molar-refractivity contribution is 5.79. The van der Waals surface area contributed by atoms with Crippen LogP contribution in [0.15, 0.2) is 140 Å². The van der Waals surface area contributed by atoms with Crippen LogP contribution in [-0.4, -0.2) is 169 Å². The number of ether oxygens (including phenoxy) is 14. The molecule has 0 bridgehead atoms. The van der Waals surface area contributed by atoms with Crippen molar-refractivity contribution in [1.29, 1.82) is 0 Å². The Labute approximate surface area is 770 Å². The molecule has 6 heterocycles. The second-order valence-electron chi connectivity index (χ2n) is 32.1. The topological polar surface area (TPSA) is 304 Å². The van der Waals surface area contributed by atoms with Crippen molar-refractivity contribution in [3.8, 4) is 0 Å². The van der Waals surface area contributed by atoms with Crippen molar-refractivity contribution < 1.29 is 148 Å². The first-order valence-corrected chi connectivity index (χ1v) is 44.3. The molecule has 134 heavy (non-hydrogen) atoms. The summed E-state index contributed by atoms with van der Waals surface area (Å²) in [4.78, 5) is 72.1. The zero-order valence-corrected chi connectivity index (χ0v) is 75.8. The van der Waals surface area contributed by atoms with Crippen molar-refractivity contribution in [2.75, 3.05) is 99.1 Å². The number of amides is 6. The molecule has 0 spiro atoms. The average molecular weight is 1900 g/mol. The fraction of sp³-hybridized carbons (Fsp3) is 0.500. The molecule has 6 saturated heterocycles. The van der Waals surface area contributed by atoms with Gasteiger partial charge in [-0.1, -0.05) is 108 Å². The number of halogens is 12. The minimum Gasteiger partial charge on any atom is -0.376 e. The summed E-state index contributed by atoms with van der Waals surface area (Å²) in [6, 6.07) is 29.1. The molecule has 0 atom stereocenters. The van der Waals surface area contributed by atoms with Crippen LogP contribution in [0.4, 0.5) is 52.7 Å². The minimum atomic E-state index is -1.15. The molecule has 26 nitrogen and oxygen atoms in total. The second kappa shape index (κ2) is 55.2. The molecule has 6 aliphatic rings. The Hall–Kier alpha value is -10.0. The lowest BCUT2D eigenvalue weighted by Crippen LogP contribution is -2.44. The molecule has 6 fully saturated rings. The maximum absolute atomic E-state index is 13.6. The Morgan fingerprint density at radius 3 is 0.716 bits per heavy atom. The quantitative estimate of drug-likeness (QED) is 0.0156. The molecule has 736 valence electrons. The lowest BCUT2D eigenvalue weighted by Gasteiger charge is -2.35. The van der Waals surface area contributed by atoms with Gasteiger partial charge in [0, 0.05) is 116 Å². The van der Waals surface area contributed by atoms with Crippen LogP contribution in [0, 0.1) is 75.7 Å². The zero-order chi connectivity index (χ0) is 97.2. The molecule has 7 aromatic carbocycles. The Balaban J connectivity index is 0.000000199. The van der Waals surface area contributed by atoms with Gasteiger partial charge in [-0.25, -0.2) is 52.7 Å². The fourth-order valence-corrected chi connectivity index (χ4v) is 13.9. The molecule has 0 unspecified atom stereocenters. The summed E-state index contributed by atoms with van der Waals surface area (Å²) < 4.78 is 236. The van der Waals surface area contributed by atoms with Gasteiger partial charge in [0.15, 0.2) is 23.1 Å². The SMILES string of the molecule is CC(C)CCOCC1(CC(=O)NCc2ccc(F)cc2F)OCCO1.CCC1(CC(=O)NCc2ccc(F)cc2F)OCCCO1.CCC1(CC(=O)NCc2ccc(F)cc2F)OCCCO1.CCC1(CC(=O)NCc2ccc(F)cc2F)OCCO1.CCC1(CC(=O)NCc2ccc(F)cc2F)OCCO1.O=C(CC1(COCc2ccccc2)OCCO1)NCc1ccc(F)cc1F. The predicted octanol–water partition coefficient (Wildman–Crippen LogP) is 15.0. The van der Waals surface area contributed by atoms with Crippen molar-refractivity contribution in [3.63, 3.8) is 0 Å². The van der Waals surface area contributed by atoms with Crippen LogP contribution in [0.2, 0.25) is 0 Å². The summed E-state index contributed by atoms with van der Waals surface area (Å²) in [5.41, 5.74) is 2.36. The Morgan fingerprint density at radius 2 is 0.500 bits per heavy atom. The minimum absolute atomic E-state index is 0.00470. The molecule has 0 aliphatic carbocycles. The van der Waals surface area contributed by atoms with Gasteiger partial charge >= 0.3 is 0 Å². The molecule has 7 aromatic rings. The number of benzene rings is 7. The molecular weight excluding hydrogens is 1790 g/mol. The molecule has 6 aliphatic heterocycles. The van der Waals surface area contributed by atoms with E-state index in [4.69, 9.17) is 66.3 Å². The van der Waals surface area contributed by atoms with Crippen LogP contribution in [0.3, 0.4) is 0 Å². The zero-order valence-electron chi connectivity index (χ0n) is 75.8. The van der Waals surface area contributed by atoms with E-state index in [9.17, 15) is 81.5 Å². The normalized spacial score (nSPS) is 16.8. The molecule has 0 saturated carbocycles. The van der Waals surface area contributed by atoms with E-state index in [-0.39, 0.29) is 160 Å². The Morgan fingerprint density at radius 1 is 0.291 bits per heavy atom. The lowest BCUT2D eigenvalue weighted by molar-refractivity contribution is -0.268. The monoisotopic (exact) mass is 1900 g/mol. The third-order valence-corrected chi connectivity index (χ3v) is 21.6. The summed E-state index contributed by atoms with van der Waals surface area (Å²) in [6.45, 7) is 18.5. The molecule has 6 N–H and O–H groups in total. The number of nitrogens with one attached hydrogen (secondary N) is 6. The van der Waals surface area contributed by atoms with Crippen LogP contribution in [0.5, 0.6) is 0 Å². The van der Waals surface area contributed by atoms with Crippen LogP contribution in [0.25, 0.3) is 0 Å². The molecule has 6 amide bonds. The predicted molar refractivity (Wildman–Crippen MR) is 462 cm³/mol. The highest BCUT2D eigenvalue weighted by Crippen LogP contribution is 2.33.